The largest absolute Gasteiger partial charge is 0.338 e. The van der Waals surface area contributed by atoms with Crippen molar-refractivity contribution < 1.29 is 13.6 Å². The van der Waals surface area contributed by atoms with E-state index in [-0.39, 0.29) is 5.91 Å². The van der Waals surface area contributed by atoms with E-state index >= 15 is 0 Å². The van der Waals surface area contributed by atoms with Gasteiger partial charge in [0.05, 0.1) is 12.1 Å². The zero-order valence-electron chi connectivity index (χ0n) is 10.7. The van der Waals surface area contributed by atoms with E-state index in [1.54, 1.807) is 13.8 Å². The predicted octanol–water partition coefficient (Wildman–Crippen LogP) is 0.394. The maximum atomic E-state index is 12.3. The minimum Gasteiger partial charge on any atom is -0.338 e. The zero-order chi connectivity index (χ0) is 13.1. The fourth-order valence-corrected chi connectivity index (χ4v) is 2.12. The third-order valence-corrected chi connectivity index (χ3v) is 3.19. The molecule has 1 aliphatic heterocycles. The van der Waals surface area contributed by atoms with Gasteiger partial charge in [-0.05, 0) is 13.8 Å². The molecule has 0 atom stereocenters. The summed E-state index contributed by atoms with van der Waals surface area (Å²) in [7, 11) is 1.43. The molecule has 4 nitrogen and oxygen atoms in total. The van der Waals surface area contributed by atoms with Gasteiger partial charge in [0.15, 0.2) is 0 Å². The first-order valence-corrected chi connectivity index (χ1v) is 5.85. The normalized spacial score (nSPS) is 18.5. The number of nitrogens with zero attached hydrogens (tertiary/aromatic N) is 2. The Balaban J connectivity index is 2.64. The molecule has 6 heteroatoms. The van der Waals surface area contributed by atoms with Crippen LogP contribution >= 0.6 is 0 Å². The summed E-state index contributed by atoms with van der Waals surface area (Å²) in [5.74, 6) is -0.250. The van der Waals surface area contributed by atoms with Gasteiger partial charge in [-0.2, -0.15) is 0 Å². The molecule has 1 N–H and O–H groups in total. The summed E-state index contributed by atoms with van der Waals surface area (Å²) in [5, 5.41) is 3.20. The lowest BCUT2D eigenvalue weighted by atomic mass is 10.00. The summed E-state index contributed by atoms with van der Waals surface area (Å²) in [6.45, 7) is 6.27. The summed E-state index contributed by atoms with van der Waals surface area (Å²) < 4.78 is 24.5. The van der Waals surface area contributed by atoms with E-state index in [4.69, 9.17) is 0 Å². The number of nitrogens with one attached hydrogen (secondary N) is 1. The summed E-state index contributed by atoms with van der Waals surface area (Å²) in [4.78, 5) is 15.3. The molecule has 1 rings (SSSR count). The third kappa shape index (κ3) is 3.61. The van der Waals surface area contributed by atoms with Gasteiger partial charge in [-0.3, -0.25) is 9.69 Å². The quantitative estimate of drug-likeness (QED) is 0.783. The van der Waals surface area contributed by atoms with E-state index in [0.717, 1.165) is 31.1 Å². The van der Waals surface area contributed by atoms with Crippen LogP contribution in [0.25, 0.3) is 0 Å². The highest BCUT2D eigenvalue weighted by Crippen LogP contribution is 2.18. The van der Waals surface area contributed by atoms with Gasteiger partial charge in [0, 0.05) is 33.2 Å². The fraction of sp³-hybridized carbons (Fsp3) is 0.909. The molecular formula is C11H21F2N3O. The Kier molecular flexibility index (Phi) is 4.82. The number of piperazine rings is 1. The van der Waals surface area contributed by atoms with Crippen LogP contribution < -0.4 is 5.32 Å². The van der Waals surface area contributed by atoms with Gasteiger partial charge in [0.2, 0.25) is 5.91 Å². The zero-order valence-corrected chi connectivity index (χ0v) is 10.7. The van der Waals surface area contributed by atoms with Crippen LogP contribution in [-0.4, -0.2) is 67.4 Å². The smallest absolute Gasteiger partial charge is 0.255 e. The van der Waals surface area contributed by atoms with Crippen LogP contribution in [0.15, 0.2) is 0 Å². The number of carbonyl (C=O) groups is 1. The van der Waals surface area contributed by atoms with E-state index in [2.05, 4.69) is 5.32 Å². The molecule has 1 heterocycles. The highest BCUT2D eigenvalue weighted by molar-refractivity contribution is 5.85. The monoisotopic (exact) mass is 249 g/mol. The van der Waals surface area contributed by atoms with Crippen LogP contribution in [0.4, 0.5) is 8.78 Å². The van der Waals surface area contributed by atoms with Crippen molar-refractivity contribution in [2.75, 3.05) is 39.8 Å². The molecule has 0 bridgehead atoms. The van der Waals surface area contributed by atoms with Crippen LogP contribution in [-0.2, 0) is 4.79 Å². The molecule has 0 aliphatic carbocycles. The molecule has 0 aromatic heterocycles. The lowest BCUT2D eigenvalue weighted by molar-refractivity contribution is -0.143. The number of carbonyl (C=O) groups excluding carboxylic acids is 1. The van der Waals surface area contributed by atoms with Crippen molar-refractivity contribution >= 4 is 5.91 Å². The topological polar surface area (TPSA) is 35.6 Å². The van der Waals surface area contributed by atoms with Crippen molar-refractivity contribution in [2.24, 2.45) is 0 Å². The van der Waals surface area contributed by atoms with E-state index in [0.29, 0.717) is 0 Å². The van der Waals surface area contributed by atoms with Crippen LogP contribution in [0.1, 0.15) is 13.8 Å². The molecule has 1 fully saturated rings. The number of likely N-dealkylation sites (N-methyl/N-ethyl adjacent to an activating group) is 1. The molecule has 1 amide bonds. The minimum atomic E-state index is -2.48. The molecule has 0 unspecified atom stereocenters. The van der Waals surface area contributed by atoms with Crippen molar-refractivity contribution in [3.05, 3.63) is 0 Å². The van der Waals surface area contributed by atoms with E-state index in [1.807, 2.05) is 4.90 Å². The Labute approximate surface area is 101 Å². The Morgan fingerprint density at radius 2 is 1.94 bits per heavy atom. The average Bonchev–Trinajstić information content (AvgIpc) is 2.28. The predicted molar refractivity (Wildman–Crippen MR) is 62.2 cm³/mol. The molecule has 0 spiro atoms. The highest BCUT2D eigenvalue weighted by Gasteiger charge is 2.37. The summed E-state index contributed by atoms with van der Waals surface area (Å²) in [6.07, 6.45) is -2.48. The van der Waals surface area contributed by atoms with Crippen molar-refractivity contribution in [3.63, 3.8) is 0 Å². The Morgan fingerprint density at radius 3 is 2.41 bits per heavy atom. The number of halogens is 2. The molecule has 0 aromatic carbocycles. The first-order chi connectivity index (χ1) is 7.85. The van der Waals surface area contributed by atoms with Gasteiger partial charge in [0.25, 0.3) is 6.43 Å². The van der Waals surface area contributed by atoms with Gasteiger partial charge in [-0.25, -0.2) is 8.78 Å². The van der Waals surface area contributed by atoms with Gasteiger partial charge in [-0.15, -0.1) is 0 Å². The lowest BCUT2D eigenvalue weighted by Crippen LogP contribution is -2.60. The molecule has 100 valence electrons. The standard InChI is InChI=1S/C11H21F2N3O/c1-11(2,16-6-4-14-5-7-16)10(17)15(3)8-9(12)13/h9,14H,4-8H2,1-3H3. The average molecular weight is 249 g/mol. The molecule has 1 aliphatic rings. The van der Waals surface area contributed by atoms with Gasteiger partial charge < -0.3 is 10.2 Å². The second-order valence-electron chi connectivity index (χ2n) is 4.87. The number of hydrogen-bond donors (Lipinski definition) is 1. The number of amides is 1. The third-order valence-electron chi connectivity index (χ3n) is 3.19. The molecule has 0 aromatic rings. The minimum absolute atomic E-state index is 0.250. The van der Waals surface area contributed by atoms with E-state index < -0.39 is 18.5 Å². The maximum Gasteiger partial charge on any atom is 0.255 e. The van der Waals surface area contributed by atoms with Crippen LogP contribution in [0, 0.1) is 0 Å². The highest BCUT2D eigenvalue weighted by atomic mass is 19.3. The molecule has 0 saturated carbocycles. The Hall–Kier alpha value is -0.750. The van der Waals surface area contributed by atoms with Crippen molar-refractivity contribution in [1.82, 2.24) is 15.1 Å². The Bertz CT molecular complexity index is 265. The van der Waals surface area contributed by atoms with Crippen molar-refractivity contribution in [1.29, 1.82) is 0 Å². The van der Waals surface area contributed by atoms with Crippen LogP contribution in [0.5, 0.6) is 0 Å². The first kappa shape index (κ1) is 14.3. The van der Waals surface area contributed by atoms with E-state index in [9.17, 15) is 13.6 Å². The van der Waals surface area contributed by atoms with Gasteiger partial charge >= 0.3 is 0 Å². The number of rotatable bonds is 4. The van der Waals surface area contributed by atoms with Crippen LogP contribution in [0.3, 0.4) is 0 Å². The summed E-state index contributed by atoms with van der Waals surface area (Å²) in [5.41, 5.74) is -0.717. The summed E-state index contributed by atoms with van der Waals surface area (Å²) >= 11 is 0. The number of hydrogen-bond acceptors (Lipinski definition) is 3. The Morgan fingerprint density at radius 1 is 1.41 bits per heavy atom. The summed E-state index contributed by atoms with van der Waals surface area (Å²) in [6, 6.07) is 0. The molecule has 17 heavy (non-hydrogen) atoms. The lowest BCUT2D eigenvalue weighted by Gasteiger charge is -2.41. The molecule has 1 saturated heterocycles. The second-order valence-corrected chi connectivity index (χ2v) is 4.87. The maximum absolute atomic E-state index is 12.3. The first-order valence-electron chi connectivity index (χ1n) is 5.85. The fourth-order valence-electron chi connectivity index (χ4n) is 2.12. The van der Waals surface area contributed by atoms with Crippen molar-refractivity contribution in [3.8, 4) is 0 Å². The molecular weight excluding hydrogens is 228 g/mol. The molecule has 0 radical (unpaired) electrons. The van der Waals surface area contributed by atoms with Crippen LogP contribution in [0.2, 0.25) is 0 Å². The van der Waals surface area contributed by atoms with Gasteiger partial charge in [0.1, 0.15) is 0 Å². The second kappa shape index (κ2) is 5.73. The number of alkyl halides is 2. The van der Waals surface area contributed by atoms with E-state index in [1.165, 1.54) is 7.05 Å². The van der Waals surface area contributed by atoms with Crippen molar-refractivity contribution in [2.45, 2.75) is 25.8 Å². The van der Waals surface area contributed by atoms with Gasteiger partial charge in [-0.1, -0.05) is 0 Å². The SMILES string of the molecule is CN(CC(F)F)C(=O)C(C)(C)N1CCNCC1.